The lowest BCUT2D eigenvalue weighted by atomic mass is 10.3. The van der Waals surface area contributed by atoms with Crippen LogP contribution in [0.3, 0.4) is 0 Å². The van der Waals surface area contributed by atoms with Gasteiger partial charge in [-0.05, 0) is 13.3 Å². The molecule has 0 fully saturated rings. The molecule has 0 saturated carbocycles. The Balaban J connectivity index is 2.83. The van der Waals surface area contributed by atoms with Crippen LogP contribution in [0.4, 0.5) is 0 Å². The molecule has 1 aromatic heterocycles. The largest absolute Gasteiger partial charge is 0.487 e. The lowest BCUT2D eigenvalue weighted by Gasteiger charge is -2.12. The van der Waals surface area contributed by atoms with E-state index in [0.717, 1.165) is 6.42 Å². The molecule has 0 N–H and O–H groups in total. The molecule has 1 unspecified atom stereocenters. The number of halogens is 2. The Kier molecular flexibility index (Phi) is 3.75. The van der Waals surface area contributed by atoms with Gasteiger partial charge in [0.05, 0.1) is 12.3 Å². The molecule has 0 aliphatic heterocycles. The maximum Gasteiger partial charge on any atom is 0.174 e. The zero-order valence-corrected chi connectivity index (χ0v) is 8.93. The molecule has 3 nitrogen and oxygen atoms in total. The molecule has 13 heavy (non-hydrogen) atoms. The van der Waals surface area contributed by atoms with Crippen molar-refractivity contribution in [3.63, 3.8) is 0 Å². The predicted octanol–water partition coefficient (Wildman–Crippen LogP) is 2.96. The van der Waals surface area contributed by atoms with E-state index in [0.29, 0.717) is 10.8 Å². The van der Waals surface area contributed by atoms with Crippen molar-refractivity contribution in [2.45, 2.75) is 26.4 Å². The highest BCUT2D eigenvalue weighted by Crippen LogP contribution is 2.29. The highest BCUT2D eigenvalue weighted by Gasteiger charge is 2.09. The highest BCUT2D eigenvalue weighted by molar-refractivity contribution is 6.42. The first-order chi connectivity index (χ1) is 6.15. The predicted molar refractivity (Wildman–Crippen MR) is 52.4 cm³/mol. The van der Waals surface area contributed by atoms with Gasteiger partial charge in [-0.15, -0.1) is 5.10 Å². The van der Waals surface area contributed by atoms with Gasteiger partial charge in [0, 0.05) is 0 Å². The van der Waals surface area contributed by atoms with E-state index < -0.39 is 0 Å². The molecule has 1 aromatic rings. The summed E-state index contributed by atoms with van der Waals surface area (Å²) in [7, 11) is 0. The summed E-state index contributed by atoms with van der Waals surface area (Å²) in [6.07, 6.45) is 2.45. The van der Waals surface area contributed by atoms with Crippen LogP contribution in [-0.2, 0) is 0 Å². The molecule has 1 rings (SSSR count). The molecule has 0 radical (unpaired) electrons. The quantitative estimate of drug-likeness (QED) is 0.786. The zero-order chi connectivity index (χ0) is 9.84. The van der Waals surface area contributed by atoms with E-state index in [-0.39, 0.29) is 11.3 Å². The molecular weight excluding hydrogens is 211 g/mol. The number of rotatable bonds is 3. The SMILES string of the molecule is CCC(C)Oc1cnnc(Cl)c1Cl. The molecule has 0 spiro atoms. The van der Waals surface area contributed by atoms with Crippen molar-refractivity contribution in [3.05, 3.63) is 16.4 Å². The van der Waals surface area contributed by atoms with Crippen molar-refractivity contribution in [3.8, 4) is 5.75 Å². The van der Waals surface area contributed by atoms with Crippen molar-refractivity contribution < 1.29 is 4.74 Å². The lowest BCUT2D eigenvalue weighted by Crippen LogP contribution is -2.10. The minimum Gasteiger partial charge on any atom is -0.487 e. The van der Waals surface area contributed by atoms with Gasteiger partial charge in [-0.3, -0.25) is 0 Å². The van der Waals surface area contributed by atoms with Gasteiger partial charge in [0.2, 0.25) is 0 Å². The van der Waals surface area contributed by atoms with E-state index in [2.05, 4.69) is 10.2 Å². The molecule has 0 amide bonds. The fourth-order valence-electron chi connectivity index (χ4n) is 0.716. The molecule has 0 aliphatic rings. The van der Waals surface area contributed by atoms with E-state index in [1.54, 1.807) is 0 Å². The topological polar surface area (TPSA) is 35.0 Å². The molecular formula is C8H10Cl2N2O. The second-order valence-corrected chi connectivity index (χ2v) is 3.39. The summed E-state index contributed by atoms with van der Waals surface area (Å²) in [6, 6.07) is 0. The van der Waals surface area contributed by atoms with E-state index in [1.165, 1.54) is 6.20 Å². The second-order valence-electron chi connectivity index (χ2n) is 2.65. The van der Waals surface area contributed by atoms with Crippen LogP contribution in [0.2, 0.25) is 10.2 Å². The Labute approximate surface area is 87.0 Å². The van der Waals surface area contributed by atoms with E-state index >= 15 is 0 Å². The van der Waals surface area contributed by atoms with Crippen LogP contribution in [-0.4, -0.2) is 16.3 Å². The Hall–Kier alpha value is -0.540. The zero-order valence-electron chi connectivity index (χ0n) is 7.42. The summed E-state index contributed by atoms with van der Waals surface area (Å²) in [5.74, 6) is 0.482. The molecule has 0 aromatic carbocycles. The first-order valence-electron chi connectivity index (χ1n) is 3.98. The third-order valence-corrected chi connectivity index (χ3v) is 2.35. The average Bonchev–Trinajstić information content (AvgIpc) is 2.13. The maximum absolute atomic E-state index is 5.83. The van der Waals surface area contributed by atoms with Crippen molar-refractivity contribution in [1.82, 2.24) is 10.2 Å². The normalized spacial score (nSPS) is 12.6. The molecule has 1 atom stereocenters. The van der Waals surface area contributed by atoms with E-state index in [1.807, 2.05) is 13.8 Å². The van der Waals surface area contributed by atoms with Crippen LogP contribution >= 0.6 is 23.2 Å². The third-order valence-electron chi connectivity index (χ3n) is 1.62. The highest BCUT2D eigenvalue weighted by atomic mass is 35.5. The minimum absolute atomic E-state index is 0.0952. The smallest absolute Gasteiger partial charge is 0.174 e. The van der Waals surface area contributed by atoms with E-state index in [9.17, 15) is 0 Å². The number of aromatic nitrogens is 2. The lowest BCUT2D eigenvalue weighted by molar-refractivity contribution is 0.216. The standard InChI is InChI=1S/C8H10Cl2N2O/c1-3-5(2)13-6-4-11-12-8(10)7(6)9/h4-5H,3H2,1-2H3. The van der Waals surface area contributed by atoms with Gasteiger partial charge in [-0.2, -0.15) is 5.10 Å². The van der Waals surface area contributed by atoms with Crippen LogP contribution in [0.15, 0.2) is 6.20 Å². The van der Waals surface area contributed by atoms with E-state index in [4.69, 9.17) is 27.9 Å². The monoisotopic (exact) mass is 220 g/mol. The van der Waals surface area contributed by atoms with Crippen molar-refractivity contribution in [2.24, 2.45) is 0 Å². The third kappa shape index (κ3) is 2.71. The fourth-order valence-corrected chi connectivity index (χ4v) is 0.984. The average molecular weight is 221 g/mol. The van der Waals surface area contributed by atoms with Gasteiger partial charge in [0.25, 0.3) is 0 Å². The first-order valence-corrected chi connectivity index (χ1v) is 4.74. The summed E-state index contributed by atoms with van der Waals surface area (Å²) >= 11 is 11.5. The molecule has 0 saturated heterocycles. The van der Waals surface area contributed by atoms with Gasteiger partial charge in [-0.1, -0.05) is 30.1 Å². The van der Waals surface area contributed by atoms with Crippen LogP contribution in [0.1, 0.15) is 20.3 Å². The van der Waals surface area contributed by atoms with Gasteiger partial charge in [-0.25, -0.2) is 0 Å². The Morgan fingerprint density at radius 1 is 1.54 bits per heavy atom. The second kappa shape index (κ2) is 4.63. The first kappa shape index (κ1) is 10.5. The molecule has 72 valence electrons. The van der Waals surface area contributed by atoms with Gasteiger partial charge < -0.3 is 4.74 Å². The van der Waals surface area contributed by atoms with Crippen molar-refractivity contribution >= 4 is 23.2 Å². The summed E-state index contributed by atoms with van der Waals surface area (Å²) in [5.41, 5.74) is 0. The number of nitrogens with zero attached hydrogens (tertiary/aromatic N) is 2. The molecule has 0 bridgehead atoms. The van der Waals surface area contributed by atoms with Crippen LogP contribution in [0, 0.1) is 0 Å². The number of ether oxygens (including phenoxy) is 1. The van der Waals surface area contributed by atoms with Gasteiger partial charge >= 0.3 is 0 Å². The number of hydrogen-bond acceptors (Lipinski definition) is 3. The molecule has 1 heterocycles. The molecule has 5 heteroatoms. The van der Waals surface area contributed by atoms with Crippen LogP contribution < -0.4 is 4.74 Å². The molecule has 0 aliphatic carbocycles. The Morgan fingerprint density at radius 3 is 2.85 bits per heavy atom. The summed E-state index contributed by atoms with van der Waals surface area (Å²) in [6.45, 7) is 3.97. The number of hydrogen-bond donors (Lipinski definition) is 0. The Bertz CT molecular complexity index is 293. The van der Waals surface area contributed by atoms with Crippen LogP contribution in [0.5, 0.6) is 5.75 Å². The summed E-state index contributed by atoms with van der Waals surface area (Å²) < 4.78 is 5.46. The van der Waals surface area contributed by atoms with Gasteiger partial charge in [0.1, 0.15) is 5.02 Å². The Morgan fingerprint density at radius 2 is 2.23 bits per heavy atom. The van der Waals surface area contributed by atoms with Crippen molar-refractivity contribution in [2.75, 3.05) is 0 Å². The summed E-state index contributed by atoms with van der Waals surface area (Å²) in [5, 5.41) is 7.70. The summed E-state index contributed by atoms with van der Waals surface area (Å²) in [4.78, 5) is 0. The van der Waals surface area contributed by atoms with Crippen molar-refractivity contribution in [1.29, 1.82) is 0 Å². The minimum atomic E-state index is 0.0952. The van der Waals surface area contributed by atoms with Crippen LogP contribution in [0.25, 0.3) is 0 Å². The van der Waals surface area contributed by atoms with Gasteiger partial charge in [0.15, 0.2) is 10.9 Å². The fraction of sp³-hybridized carbons (Fsp3) is 0.500. The maximum atomic E-state index is 5.83.